The van der Waals surface area contributed by atoms with Gasteiger partial charge in [0.2, 0.25) is 17.7 Å². The van der Waals surface area contributed by atoms with Crippen LogP contribution in [0.4, 0.5) is 0 Å². The Morgan fingerprint density at radius 1 is 0.909 bits per heavy atom. The van der Waals surface area contributed by atoms with Crippen molar-refractivity contribution in [1.29, 1.82) is 0 Å². The van der Waals surface area contributed by atoms with Crippen LogP contribution in [0.5, 0.6) is 0 Å². The van der Waals surface area contributed by atoms with Crippen molar-refractivity contribution in [2.45, 2.75) is 76.7 Å². The van der Waals surface area contributed by atoms with Crippen molar-refractivity contribution in [3.05, 3.63) is 0 Å². The van der Waals surface area contributed by atoms with Gasteiger partial charge in [-0.2, -0.15) is 11.8 Å². The lowest BCUT2D eigenvalue weighted by Gasteiger charge is -2.26. The van der Waals surface area contributed by atoms with Crippen molar-refractivity contribution in [2.75, 3.05) is 12.0 Å². The van der Waals surface area contributed by atoms with Crippen LogP contribution in [0.2, 0.25) is 0 Å². The standard InChI is InChI=1S/C20H36N4O8S/c1-5-10(2)15(21)19(30)23-12(6-7-14(26)27)17(28)22-13(8-9-33-4)18(29)24-16(11(3)25)20(31)32/h10-13,15-16,25H,5-9,21H2,1-4H3,(H,22,28)(H,23,30)(H,24,29)(H,26,27)(H,31,32). The first-order valence-electron chi connectivity index (χ1n) is 10.6. The number of aliphatic hydroxyl groups is 1. The molecule has 33 heavy (non-hydrogen) atoms. The molecule has 0 bridgehead atoms. The average Bonchev–Trinajstić information content (AvgIpc) is 2.75. The zero-order valence-electron chi connectivity index (χ0n) is 19.4. The highest BCUT2D eigenvalue weighted by Crippen LogP contribution is 2.08. The summed E-state index contributed by atoms with van der Waals surface area (Å²) in [4.78, 5) is 60.2. The first-order chi connectivity index (χ1) is 15.3. The van der Waals surface area contributed by atoms with E-state index in [-0.39, 0.29) is 18.8 Å². The molecule has 0 fully saturated rings. The number of carboxylic acids is 2. The van der Waals surface area contributed by atoms with Crippen molar-refractivity contribution < 1.29 is 39.3 Å². The second-order valence-corrected chi connectivity index (χ2v) is 8.80. The molecule has 0 aromatic rings. The predicted octanol–water partition coefficient (Wildman–Crippen LogP) is -1.10. The summed E-state index contributed by atoms with van der Waals surface area (Å²) in [5.74, 6) is -4.61. The summed E-state index contributed by atoms with van der Waals surface area (Å²) in [6.07, 6.45) is 0.499. The van der Waals surface area contributed by atoms with E-state index in [1.54, 1.807) is 13.2 Å². The molecule has 190 valence electrons. The molecule has 6 unspecified atom stereocenters. The van der Waals surface area contributed by atoms with E-state index < -0.39 is 66.4 Å². The Balaban J connectivity index is 5.55. The van der Waals surface area contributed by atoms with Gasteiger partial charge in [0.05, 0.1) is 12.1 Å². The summed E-state index contributed by atoms with van der Waals surface area (Å²) in [6.45, 7) is 4.81. The van der Waals surface area contributed by atoms with Gasteiger partial charge in [0, 0.05) is 6.42 Å². The highest BCUT2D eigenvalue weighted by molar-refractivity contribution is 7.98. The van der Waals surface area contributed by atoms with Crippen LogP contribution in [-0.2, 0) is 24.0 Å². The van der Waals surface area contributed by atoms with Crippen LogP contribution < -0.4 is 21.7 Å². The Morgan fingerprint density at radius 3 is 1.88 bits per heavy atom. The van der Waals surface area contributed by atoms with E-state index in [4.69, 9.17) is 10.8 Å². The Labute approximate surface area is 197 Å². The van der Waals surface area contributed by atoms with E-state index in [1.807, 2.05) is 6.92 Å². The number of carbonyl (C=O) groups is 5. The maximum Gasteiger partial charge on any atom is 0.328 e. The van der Waals surface area contributed by atoms with Gasteiger partial charge in [-0.25, -0.2) is 4.79 Å². The number of amides is 3. The van der Waals surface area contributed by atoms with E-state index >= 15 is 0 Å². The third kappa shape index (κ3) is 11.3. The molecule has 0 saturated heterocycles. The Kier molecular flexibility index (Phi) is 14.3. The summed E-state index contributed by atoms with van der Waals surface area (Å²) in [5, 5.41) is 34.9. The van der Waals surface area contributed by atoms with Crippen LogP contribution in [0.3, 0.4) is 0 Å². The summed E-state index contributed by atoms with van der Waals surface area (Å²) < 4.78 is 0. The van der Waals surface area contributed by atoms with Gasteiger partial charge in [-0.1, -0.05) is 20.3 Å². The van der Waals surface area contributed by atoms with Crippen LogP contribution in [0.1, 0.15) is 46.5 Å². The van der Waals surface area contributed by atoms with Crippen molar-refractivity contribution in [3.8, 4) is 0 Å². The zero-order valence-corrected chi connectivity index (χ0v) is 20.2. The Hall–Kier alpha value is -2.38. The number of nitrogens with one attached hydrogen (secondary N) is 3. The fraction of sp³-hybridized carbons (Fsp3) is 0.750. The van der Waals surface area contributed by atoms with E-state index in [2.05, 4.69) is 16.0 Å². The lowest BCUT2D eigenvalue weighted by atomic mass is 9.98. The molecule has 0 aliphatic heterocycles. The lowest BCUT2D eigenvalue weighted by molar-refractivity contribution is -0.145. The third-order valence-corrected chi connectivity index (χ3v) is 5.77. The molecule has 12 nitrogen and oxygen atoms in total. The fourth-order valence-electron chi connectivity index (χ4n) is 2.74. The molecule has 0 aromatic carbocycles. The molecule has 0 aromatic heterocycles. The highest BCUT2D eigenvalue weighted by Gasteiger charge is 2.32. The quantitative estimate of drug-likeness (QED) is 0.138. The normalized spacial score (nSPS) is 16.4. The molecule has 0 aliphatic carbocycles. The largest absolute Gasteiger partial charge is 0.481 e. The van der Waals surface area contributed by atoms with Crippen molar-refractivity contribution in [1.82, 2.24) is 16.0 Å². The molecule has 13 heteroatoms. The number of nitrogens with two attached hydrogens (primary N) is 1. The lowest BCUT2D eigenvalue weighted by Crippen LogP contribution is -2.58. The molecule has 3 amide bonds. The topological polar surface area (TPSA) is 208 Å². The number of carbonyl (C=O) groups excluding carboxylic acids is 3. The van der Waals surface area contributed by atoms with E-state index in [9.17, 15) is 34.2 Å². The summed E-state index contributed by atoms with van der Waals surface area (Å²) in [7, 11) is 0. The first-order valence-corrected chi connectivity index (χ1v) is 12.0. The summed E-state index contributed by atoms with van der Waals surface area (Å²) >= 11 is 1.39. The number of hydrogen-bond acceptors (Lipinski definition) is 8. The zero-order chi connectivity index (χ0) is 25.7. The SMILES string of the molecule is CCC(C)C(N)C(=O)NC(CCC(=O)O)C(=O)NC(CCSC)C(=O)NC(C(=O)O)C(C)O. The van der Waals surface area contributed by atoms with Crippen LogP contribution in [0, 0.1) is 5.92 Å². The molecule has 0 rings (SSSR count). The minimum absolute atomic E-state index is 0.136. The monoisotopic (exact) mass is 492 g/mol. The molecule has 0 aliphatic rings. The summed E-state index contributed by atoms with van der Waals surface area (Å²) in [6, 6.07) is -4.92. The maximum absolute atomic E-state index is 12.9. The predicted molar refractivity (Wildman–Crippen MR) is 122 cm³/mol. The minimum Gasteiger partial charge on any atom is -0.481 e. The summed E-state index contributed by atoms with van der Waals surface area (Å²) in [5.41, 5.74) is 5.90. The third-order valence-electron chi connectivity index (χ3n) is 5.13. The molecule has 0 heterocycles. The average molecular weight is 493 g/mol. The van der Waals surface area contributed by atoms with Crippen LogP contribution in [0.15, 0.2) is 0 Å². The van der Waals surface area contributed by atoms with Gasteiger partial charge in [0.25, 0.3) is 0 Å². The smallest absolute Gasteiger partial charge is 0.328 e. The van der Waals surface area contributed by atoms with Gasteiger partial charge < -0.3 is 37.0 Å². The molecule has 6 atom stereocenters. The van der Waals surface area contributed by atoms with E-state index in [0.717, 1.165) is 0 Å². The fourth-order valence-corrected chi connectivity index (χ4v) is 3.21. The molecular weight excluding hydrogens is 456 g/mol. The van der Waals surface area contributed by atoms with Crippen LogP contribution in [0.25, 0.3) is 0 Å². The first kappa shape index (κ1) is 30.6. The van der Waals surface area contributed by atoms with Gasteiger partial charge >= 0.3 is 11.9 Å². The second kappa shape index (κ2) is 15.5. The van der Waals surface area contributed by atoms with Crippen molar-refractivity contribution in [2.24, 2.45) is 11.7 Å². The van der Waals surface area contributed by atoms with E-state index in [0.29, 0.717) is 12.2 Å². The number of aliphatic carboxylic acids is 2. The van der Waals surface area contributed by atoms with Gasteiger partial charge in [0.15, 0.2) is 6.04 Å². The maximum atomic E-state index is 12.9. The number of aliphatic hydroxyl groups excluding tert-OH is 1. The van der Waals surface area contributed by atoms with Gasteiger partial charge in [0.1, 0.15) is 12.1 Å². The Morgan fingerprint density at radius 2 is 1.42 bits per heavy atom. The van der Waals surface area contributed by atoms with Gasteiger partial charge in [-0.05, 0) is 37.7 Å². The Bertz CT molecular complexity index is 691. The van der Waals surface area contributed by atoms with Crippen molar-refractivity contribution in [3.63, 3.8) is 0 Å². The molecule has 0 saturated carbocycles. The molecular formula is C20H36N4O8S. The molecule has 0 radical (unpaired) electrons. The number of hydrogen-bond donors (Lipinski definition) is 7. The van der Waals surface area contributed by atoms with Crippen LogP contribution in [-0.4, -0.2) is 87.3 Å². The second-order valence-electron chi connectivity index (χ2n) is 7.81. The number of carboxylic acid groups (broad SMARTS) is 2. The van der Waals surface area contributed by atoms with Gasteiger partial charge in [-0.3, -0.25) is 19.2 Å². The van der Waals surface area contributed by atoms with Crippen molar-refractivity contribution >= 4 is 41.4 Å². The number of thioether (sulfide) groups is 1. The van der Waals surface area contributed by atoms with Gasteiger partial charge in [-0.15, -0.1) is 0 Å². The van der Waals surface area contributed by atoms with Crippen LogP contribution >= 0.6 is 11.8 Å². The number of rotatable bonds is 16. The minimum atomic E-state index is -1.58. The van der Waals surface area contributed by atoms with E-state index in [1.165, 1.54) is 18.7 Å². The molecule has 8 N–H and O–H groups in total. The highest BCUT2D eigenvalue weighted by atomic mass is 32.2. The molecule has 0 spiro atoms.